The topological polar surface area (TPSA) is 4.93 Å². The normalized spacial score (nSPS) is 28.3. The summed E-state index contributed by atoms with van der Waals surface area (Å²) < 4.78 is 5.22. The molecule has 2 heterocycles. The summed E-state index contributed by atoms with van der Waals surface area (Å²) in [5.74, 6) is 1.04. The van der Waals surface area contributed by atoms with Crippen molar-refractivity contribution in [1.82, 2.24) is 4.57 Å². The van der Waals surface area contributed by atoms with Crippen molar-refractivity contribution in [3.8, 4) is 5.69 Å². The first-order valence-corrected chi connectivity index (χ1v) is 17.1. The molecule has 1 nitrogen and oxygen atoms in total. The van der Waals surface area contributed by atoms with Crippen LogP contribution in [0.4, 0.5) is 0 Å². The lowest BCUT2D eigenvalue weighted by molar-refractivity contribution is 0.174. The van der Waals surface area contributed by atoms with Crippen LogP contribution in [0.5, 0.6) is 0 Å². The van der Waals surface area contributed by atoms with Crippen LogP contribution in [0.3, 0.4) is 0 Å². The summed E-state index contributed by atoms with van der Waals surface area (Å²) >= 11 is 1.92. The first-order chi connectivity index (χ1) is 21.2. The highest BCUT2D eigenvalue weighted by Gasteiger charge is 2.55. The second-order valence-corrected chi connectivity index (χ2v) is 15.8. The highest BCUT2D eigenvalue weighted by molar-refractivity contribution is 7.25. The molecule has 0 aliphatic heterocycles. The number of thiophene rings is 1. The van der Waals surface area contributed by atoms with Gasteiger partial charge in [0.1, 0.15) is 0 Å². The van der Waals surface area contributed by atoms with Crippen molar-refractivity contribution in [2.24, 2.45) is 22.7 Å². The van der Waals surface area contributed by atoms with Gasteiger partial charge in [0, 0.05) is 53.7 Å². The molecule has 2 heteroatoms. The van der Waals surface area contributed by atoms with Crippen LogP contribution in [0.1, 0.15) is 57.9 Å². The van der Waals surface area contributed by atoms with Gasteiger partial charge in [-0.2, -0.15) is 0 Å². The Bertz CT molecular complexity index is 2210. The van der Waals surface area contributed by atoms with E-state index in [9.17, 15) is 0 Å². The van der Waals surface area contributed by atoms with Gasteiger partial charge in [-0.05, 0) is 83.3 Å². The Morgan fingerprint density at radius 1 is 0.795 bits per heavy atom. The van der Waals surface area contributed by atoms with Crippen LogP contribution in [0.2, 0.25) is 0 Å². The molecule has 4 atom stereocenters. The predicted octanol–water partition coefficient (Wildman–Crippen LogP) is 11.5. The third kappa shape index (κ3) is 3.41. The lowest BCUT2D eigenvalue weighted by Gasteiger charge is -2.43. The molecule has 0 radical (unpaired) electrons. The standard InChI is InChI=1S/C42H39NS/c1-26-13-16-37-31(22-26)29-10-6-7-12-36(29)43(37)28-15-18-39-33(24-28)32-23-27(14-17-38(32)44-39)41(4)21-19-30-34-11-8-9-20-42(34,5)40(2,3)35(30)25-41/h6-21,23-24,26,34H,22,25H2,1-5H3. The molecule has 0 saturated heterocycles. The maximum atomic E-state index is 2.51. The SMILES string of the molecule is CC1C=Cc2c(c3ccccc3n2-c2ccc3sc4ccc(C5(C)C=CC6=C(C5)C(C)(C)C5(C)C=CC=CC65)cc4c3c2)C1. The molecule has 0 spiro atoms. The van der Waals surface area contributed by atoms with Gasteiger partial charge in [-0.1, -0.05) is 107 Å². The van der Waals surface area contributed by atoms with Crippen LogP contribution >= 0.6 is 11.3 Å². The van der Waals surface area contributed by atoms with E-state index in [1.54, 1.807) is 11.1 Å². The van der Waals surface area contributed by atoms with E-state index < -0.39 is 0 Å². The number of aromatic nitrogens is 1. The van der Waals surface area contributed by atoms with E-state index in [2.05, 4.69) is 148 Å². The quantitative estimate of drug-likeness (QED) is 0.193. The minimum absolute atomic E-state index is 0.0371. The van der Waals surface area contributed by atoms with Crippen molar-refractivity contribution in [2.75, 3.05) is 0 Å². The summed E-state index contributed by atoms with van der Waals surface area (Å²) in [5, 5.41) is 4.13. The van der Waals surface area contributed by atoms with Gasteiger partial charge in [0.15, 0.2) is 0 Å². The van der Waals surface area contributed by atoms with Gasteiger partial charge in [-0.3, -0.25) is 0 Å². The average molecular weight is 590 g/mol. The van der Waals surface area contributed by atoms with Gasteiger partial charge < -0.3 is 4.57 Å². The van der Waals surface area contributed by atoms with E-state index in [1.165, 1.54) is 53.6 Å². The van der Waals surface area contributed by atoms with Crippen molar-refractivity contribution in [3.05, 3.63) is 131 Å². The molecule has 0 amide bonds. The van der Waals surface area contributed by atoms with Crippen molar-refractivity contribution in [3.63, 3.8) is 0 Å². The zero-order valence-corrected chi connectivity index (χ0v) is 27.1. The fourth-order valence-corrected chi connectivity index (χ4v) is 10.0. The van der Waals surface area contributed by atoms with Crippen LogP contribution in [-0.2, 0) is 11.8 Å². The van der Waals surface area contributed by atoms with Crippen LogP contribution in [0.25, 0.3) is 42.8 Å². The van der Waals surface area contributed by atoms with E-state index in [1.807, 2.05) is 11.3 Å². The molecule has 9 rings (SSSR count). The number of fused-ring (bicyclic) bond motifs is 8. The number of allylic oxidation sites excluding steroid dienone is 9. The molecule has 4 aliphatic rings. The minimum atomic E-state index is -0.0371. The summed E-state index contributed by atoms with van der Waals surface area (Å²) in [4.78, 5) is 0. The summed E-state index contributed by atoms with van der Waals surface area (Å²) in [7, 11) is 0. The second-order valence-electron chi connectivity index (χ2n) is 14.7. The Labute approximate surface area is 264 Å². The largest absolute Gasteiger partial charge is 0.310 e. The number of hydrogen-bond acceptors (Lipinski definition) is 1. The molecule has 4 unspecified atom stereocenters. The van der Waals surface area contributed by atoms with Crippen molar-refractivity contribution in [1.29, 1.82) is 0 Å². The van der Waals surface area contributed by atoms with E-state index >= 15 is 0 Å². The number of rotatable bonds is 2. The molecule has 44 heavy (non-hydrogen) atoms. The summed E-state index contributed by atoms with van der Waals surface area (Å²) in [6, 6.07) is 23.3. The fraction of sp³-hybridized carbons (Fsp3) is 0.286. The molecule has 0 saturated carbocycles. The Hall–Kier alpha value is -3.88. The first kappa shape index (κ1) is 26.5. The van der Waals surface area contributed by atoms with Gasteiger partial charge in [0.2, 0.25) is 0 Å². The second kappa shape index (κ2) is 8.86. The zero-order valence-electron chi connectivity index (χ0n) is 26.3. The number of benzene rings is 3. The number of nitrogens with zero attached hydrogens (tertiary/aromatic N) is 1. The van der Waals surface area contributed by atoms with Crippen molar-refractivity contribution in [2.45, 2.75) is 52.9 Å². The molecule has 0 N–H and O–H groups in total. The summed E-state index contributed by atoms with van der Waals surface area (Å²) in [6.45, 7) is 12.2. The van der Waals surface area contributed by atoms with E-state index in [0.29, 0.717) is 11.8 Å². The third-order valence-electron chi connectivity index (χ3n) is 12.0. The minimum Gasteiger partial charge on any atom is -0.310 e. The van der Waals surface area contributed by atoms with E-state index in [0.717, 1.165) is 12.8 Å². The highest BCUT2D eigenvalue weighted by atomic mass is 32.1. The third-order valence-corrected chi connectivity index (χ3v) is 13.1. The molecular formula is C42H39NS. The number of hydrogen-bond donors (Lipinski definition) is 0. The molecule has 0 fully saturated rings. The average Bonchev–Trinajstić information content (AvgIpc) is 3.61. The predicted molar refractivity (Wildman–Crippen MR) is 190 cm³/mol. The molecular weight excluding hydrogens is 551 g/mol. The smallest absolute Gasteiger partial charge is 0.0537 e. The summed E-state index contributed by atoms with van der Waals surface area (Å²) in [5.41, 5.74) is 10.2. The maximum Gasteiger partial charge on any atom is 0.0537 e. The highest BCUT2D eigenvalue weighted by Crippen LogP contribution is 2.64. The van der Waals surface area contributed by atoms with Crippen LogP contribution in [-0.4, -0.2) is 4.57 Å². The lowest BCUT2D eigenvalue weighted by Crippen LogP contribution is -2.36. The van der Waals surface area contributed by atoms with Gasteiger partial charge in [-0.15, -0.1) is 11.3 Å². The Morgan fingerprint density at radius 3 is 2.45 bits per heavy atom. The molecule has 218 valence electrons. The Morgan fingerprint density at radius 2 is 1.59 bits per heavy atom. The van der Waals surface area contributed by atoms with Gasteiger partial charge in [-0.25, -0.2) is 0 Å². The monoisotopic (exact) mass is 589 g/mol. The lowest BCUT2D eigenvalue weighted by atomic mass is 9.60. The fourth-order valence-electron chi connectivity index (χ4n) is 8.96. The molecule has 0 bridgehead atoms. The number of para-hydroxylation sites is 1. The van der Waals surface area contributed by atoms with Crippen LogP contribution in [0.15, 0.2) is 114 Å². The van der Waals surface area contributed by atoms with E-state index in [4.69, 9.17) is 0 Å². The maximum absolute atomic E-state index is 2.51. The Kier molecular flexibility index (Phi) is 5.34. The molecule has 3 aromatic carbocycles. The molecule has 4 aliphatic carbocycles. The van der Waals surface area contributed by atoms with Crippen LogP contribution < -0.4 is 0 Å². The van der Waals surface area contributed by atoms with Crippen molar-refractivity contribution >= 4 is 48.5 Å². The van der Waals surface area contributed by atoms with E-state index in [-0.39, 0.29) is 16.2 Å². The Balaban J connectivity index is 1.17. The zero-order chi connectivity index (χ0) is 30.0. The van der Waals surface area contributed by atoms with Crippen molar-refractivity contribution < 1.29 is 0 Å². The first-order valence-electron chi connectivity index (χ1n) is 16.2. The van der Waals surface area contributed by atoms with Gasteiger partial charge >= 0.3 is 0 Å². The van der Waals surface area contributed by atoms with Gasteiger partial charge in [0.25, 0.3) is 0 Å². The molecule has 2 aromatic heterocycles. The van der Waals surface area contributed by atoms with Gasteiger partial charge in [0.05, 0.1) is 5.52 Å². The summed E-state index contributed by atoms with van der Waals surface area (Å²) in [6.07, 6.45) is 21.3. The molecule has 5 aromatic rings. The van der Waals surface area contributed by atoms with Crippen LogP contribution in [0, 0.1) is 22.7 Å².